The van der Waals surface area contributed by atoms with Crippen LogP contribution in [0.5, 0.6) is 0 Å². The molecule has 1 aromatic rings. The molecule has 3 heteroatoms. The third kappa shape index (κ3) is 4.64. The lowest BCUT2D eigenvalue weighted by Crippen LogP contribution is -2.45. The molecule has 0 unspecified atom stereocenters. The van der Waals surface area contributed by atoms with Crippen LogP contribution in [0.15, 0.2) is 24.3 Å². The Morgan fingerprint density at radius 3 is 2.30 bits per heavy atom. The fraction of sp³-hybridized carbons (Fsp3) is 0.529. The van der Waals surface area contributed by atoms with E-state index in [0.717, 1.165) is 12.1 Å². The fourth-order valence-electron chi connectivity index (χ4n) is 2.59. The summed E-state index contributed by atoms with van der Waals surface area (Å²) >= 11 is 0. The van der Waals surface area contributed by atoms with E-state index in [-0.39, 0.29) is 0 Å². The van der Waals surface area contributed by atoms with E-state index in [2.05, 4.69) is 52.8 Å². The number of rotatable bonds is 4. The fourth-order valence-corrected chi connectivity index (χ4v) is 2.59. The molecule has 0 radical (unpaired) electrons. The van der Waals surface area contributed by atoms with Gasteiger partial charge < -0.3 is 10.6 Å². The molecule has 2 N–H and O–H groups in total. The zero-order chi connectivity index (χ0) is 14.2. The van der Waals surface area contributed by atoms with Gasteiger partial charge in [0.2, 0.25) is 0 Å². The predicted octanol–water partition coefficient (Wildman–Crippen LogP) is 1.52. The van der Waals surface area contributed by atoms with Crippen LogP contribution >= 0.6 is 0 Å². The van der Waals surface area contributed by atoms with Gasteiger partial charge in [0.15, 0.2) is 0 Å². The minimum absolute atomic E-state index is 0.420. The Labute approximate surface area is 122 Å². The van der Waals surface area contributed by atoms with Gasteiger partial charge in [0.05, 0.1) is 6.54 Å². The molecule has 1 aliphatic heterocycles. The van der Waals surface area contributed by atoms with Gasteiger partial charge in [-0.25, -0.2) is 0 Å². The minimum Gasteiger partial charge on any atom is -0.320 e. The van der Waals surface area contributed by atoms with Crippen LogP contribution in [0.25, 0.3) is 0 Å². The Hall–Kier alpha value is -1.34. The van der Waals surface area contributed by atoms with Crippen LogP contribution in [0.3, 0.4) is 0 Å². The summed E-state index contributed by atoms with van der Waals surface area (Å²) in [5, 5.41) is 0. The van der Waals surface area contributed by atoms with Crippen molar-refractivity contribution in [3.05, 3.63) is 35.4 Å². The van der Waals surface area contributed by atoms with Crippen LogP contribution < -0.4 is 5.73 Å². The first kappa shape index (κ1) is 15.1. The van der Waals surface area contributed by atoms with Gasteiger partial charge >= 0.3 is 0 Å². The standard InChI is InChI=1S/C17H25N3/c1-2-10-19-11-13-20(14-12-19)15-17-7-5-16(6-8-17)4-3-9-18/h5-8H,2,9-15,18H2,1H3. The first-order valence-corrected chi connectivity index (χ1v) is 7.54. The predicted molar refractivity (Wildman–Crippen MR) is 84.4 cm³/mol. The molecule has 1 saturated heterocycles. The summed E-state index contributed by atoms with van der Waals surface area (Å²) < 4.78 is 0. The number of piperazine rings is 1. The maximum atomic E-state index is 5.38. The molecule has 20 heavy (non-hydrogen) atoms. The lowest BCUT2D eigenvalue weighted by Gasteiger charge is -2.34. The Bertz CT molecular complexity index is 447. The second kappa shape index (κ2) is 8.06. The van der Waals surface area contributed by atoms with Crippen molar-refractivity contribution in [3.8, 4) is 11.8 Å². The Balaban J connectivity index is 1.82. The number of nitrogens with two attached hydrogens (primary N) is 1. The zero-order valence-corrected chi connectivity index (χ0v) is 12.4. The summed E-state index contributed by atoms with van der Waals surface area (Å²) in [6, 6.07) is 8.54. The lowest BCUT2D eigenvalue weighted by atomic mass is 10.1. The molecule has 0 bridgehead atoms. The minimum atomic E-state index is 0.420. The van der Waals surface area contributed by atoms with Crippen LogP contribution in [0.4, 0.5) is 0 Å². The average Bonchev–Trinajstić information content (AvgIpc) is 2.49. The van der Waals surface area contributed by atoms with Gasteiger partial charge in [0.25, 0.3) is 0 Å². The Kier molecular flexibility index (Phi) is 6.07. The second-order valence-corrected chi connectivity index (χ2v) is 5.32. The first-order chi connectivity index (χ1) is 9.81. The topological polar surface area (TPSA) is 32.5 Å². The summed E-state index contributed by atoms with van der Waals surface area (Å²) in [4.78, 5) is 5.09. The van der Waals surface area contributed by atoms with Gasteiger partial charge in [-0.2, -0.15) is 0 Å². The van der Waals surface area contributed by atoms with E-state index >= 15 is 0 Å². The van der Waals surface area contributed by atoms with E-state index < -0.39 is 0 Å². The Morgan fingerprint density at radius 1 is 1.05 bits per heavy atom. The van der Waals surface area contributed by atoms with Crippen molar-refractivity contribution in [1.82, 2.24) is 9.80 Å². The number of hydrogen-bond donors (Lipinski definition) is 1. The molecule has 2 rings (SSSR count). The highest BCUT2D eigenvalue weighted by Gasteiger charge is 2.15. The van der Waals surface area contributed by atoms with Gasteiger partial charge in [0, 0.05) is 38.3 Å². The lowest BCUT2D eigenvalue weighted by molar-refractivity contribution is 0.127. The van der Waals surface area contributed by atoms with E-state index in [9.17, 15) is 0 Å². The van der Waals surface area contributed by atoms with E-state index in [0.29, 0.717) is 6.54 Å². The second-order valence-electron chi connectivity index (χ2n) is 5.32. The first-order valence-electron chi connectivity index (χ1n) is 7.54. The molecule has 108 valence electrons. The third-order valence-electron chi connectivity index (χ3n) is 3.70. The van der Waals surface area contributed by atoms with Crippen LogP contribution in [-0.4, -0.2) is 49.1 Å². The SMILES string of the molecule is CCCN1CCN(Cc2ccc(C#CCN)cc2)CC1. The van der Waals surface area contributed by atoms with Crippen LogP contribution in [0, 0.1) is 11.8 Å². The summed E-state index contributed by atoms with van der Waals surface area (Å²) in [6.45, 7) is 9.71. The van der Waals surface area contributed by atoms with E-state index in [1.165, 1.54) is 44.7 Å². The maximum Gasteiger partial charge on any atom is 0.0555 e. The normalized spacial score (nSPS) is 16.7. The molecule has 3 nitrogen and oxygen atoms in total. The summed E-state index contributed by atoms with van der Waals surface area (Å²) in [5.74, 6) is 5.94. The largest absolute Gasteiger partial charge is 0.320 e. The average molecular weight is 271 g/mol. The summed E-state index contributed by atoms with van der Waals surface area (Å²) in [7, 11) is 0. The highest BCUT2D eigenvalue weighted by molar-refractivity contribution is 5.36. The van der Waals surface area contributed by atoms with Crippen molar-refractivity contribution in [2.45, 2.75) is 19.9 Å². The zero-order valence-electron chi connectivity index (χ0n) is 12.4. The van der Waals surface area contributed by atoms with Gasteiger partial charge in [-0.15, -0.1) is 0 Å². The molecule has 0 amide bonds. The Morgan fingerprint density at radius 2 is 1.70 bits per heavy atom. The van der Waals surface area contributed by atoms with Crippen molar-refractivity contribution in [2.75, 3.05) is 39.3 Å². The molecule has 1 aliphatic rings. The van der Waals surface area contributed by atoms with Gasteiger partial charge in [-0.3, -0.25) is 4.90 Å². The van der Waals surface area contributed by atoms with Crippen LogP contribution in [0.2, 0.25) is 0 Å². The molecular weight excluding hydrogens is 246 g/mol. The molecule has 0 atom stereocenters. The number of benzene rings is 1. The number of hydrogen-bond acceptors (Lipinski definition) is 3. The van der Waals surface area contributed by atoms with Crippen molar-refractivity contribution < 1.29 is 0 Å². The van der Waals surface area contributed by atoms with E-state index in [1.54, 1.807) is 0 Å². The summed E-state index contributed by atoms with van der Waals surface area (Å²) in [6.07, 6.45) is 1.26. The quantitative estimate of drug-likeness (QED) is 0.843. The van der Waals surface area contributed by atoms with E-state index in [4.69, 9.17) is 5.73 Å². The van der Waals surface area contributed by atoms with Crippen molar-refractivity contribution in [1.29, 1.82) is 0 Å². The maximum absolute atomic E-state index is 5.38. The molecule has 1 fully saturated rings. The monoisotopic (exact) mass is 271 g/mol. The van der Waals surface area contributed by atoms with Crippen LogP contribution in [-0.2, 0) is 6.54 Å². The molecule has 0 spiro atoms. The molecular formula is C17H25N3. The summed E-state index contributed by atoms with van der Waals surface area (Å²) in [5.41, 5.74) is 7.79. The van der Waals surface area contributed by atoms with Gasteiger partial charge in [-0.05, 0) is 30.7 Å². The van der Waals surface area contributed by atoms with Gasteiger partial charge in [0.1, 0.15) is 0 Å². The van der Waals surface area contributed by atoms with E-state index in [1.807, 2.05) is 0 Å². The highest BCUT2D eigenvalue weighted by atomic mass is 15.3. The van der Waals surface area contributed by atoms with Crippen molar-refractivity contribution in [2.24, 2.45) is 5.73 Å². The van der Waals surface area contributed by atoms with Crippen molar-refractivity contribution >= 4 is 0 Å². The smallest absolute Gasteiger partial charge is 0.0555 e. The van der Waals surface area contributed by atoms with Gasteiger partial charge in [-0.1, -0.05) is 30.9 Å². The third-order valence-corrected chi connectivity index (χ3v) is 3.70. The highest BCUT2D eigenvalue weighted by Crippen LogP contribution is 2.10. The molecule has 0 aromatic heterocycles. The molecule has 0 aliphatic carbocycles. The number of nitrogens with zero attached hydrogens (tertiary/aromatic N) is 2. The van der Waals surface area contributed by atoms with Crippen molar-refractivity contribution in [3.63, 3.8) is 0 Å². The molecule has 0 saturated carbocycles. The molecule has 1 heterocycles. The molecule has 1 aromatic carbocycles. The van der Waals surface area contributed by atoms with Crippen LogP contribution in [0.1, 0.15) is 24.5 Å².